The highest BCUT2D eigenvalue weighted by Crippen LogP contribution is 2.13. The SMILES string of the molecule is CCCOc1ccc(C(=O)S(=O)[O-])cc1. The van der Waals surface area contributed by atoms with Gasteiger partial charge < -0.3 is 9.29 Å². The van der Waals surface area contributed by atoms with E-state index in [1.165, 1.54) is 12.1 Å². The minimum absolute atomic E-state index is 0.146. The third-order valence-corrected chi connectivity index (χ3v) is 2.25. The van der Waals surface area contributed by atoms with Crippen LogP contribution in [0.1, 0.15) is 23.7 Å². The van der Waals surface area contributed by atoms with E-state index in [2.05, 4.69) is 0 Å². The standard InChI is InChI=1S/C10H12O4S/c1-2-7-14-9-5-3-8(4-6-9)10(11)15(12)13/h3-6H,2,7H2,1H3,(H,12,13)/p-1. The van der Waals surface area contributed by atoms with Crippen LogP contribution in [-0.2, 0) is 11.1 Å². The summed E-state index contributed by atoms with van der Waals surface area (Å²) in [6.07, 6.45) is 0.894. The summed E-state index contributed by atoms with van der Waals surface area (Å²) in [5, 5.41) is -0.906. The molecule has 1 atom stereocenters. The Balaban J connectivity index is 2.72. The Labute approximate surface area is 90.5 Å². The number of ether oxygens (including phenoxy) is 1. The van der Waals surface area contributed by atoms with Gasteiger partial charge in [-0.25, -0.2) is 0 Å². The Bertz CT molecular complexity index is 358. The molecular weight excluding hydrogens is 216 g/mol. The molecule has 0 saturated carbocycles. The average molecular weight is 227 g/mol. The Hall–Kier alpha value is -1.20. The van der Waals surface area contributed by atoms with Crippen molar-refractivity contribution in [1.29, 1.82) is 0 Å². The first-order valence-electron chi connectivity index (χ1n) is 4.51. The van der Waals surface area contributed by atoms with Gasteiger partial charge in [0.15, 0.2) is 0 Å². The fourth-order valence-electron chi connectivity index (χ4n) is 1.00. The number of hydrogen-bond donors (Lipinski definition) is 0. The lowest BCUT2D eigenvalue weighted by Gasteiger charge is -2.06. The zero-order chi connectivity index (χ0) is 11.3. The minimum Gasteiger partial charge on any atom is -0.766 e. The Morgan fingerprint density at radius 2 is 2.00 bits per heavy atom. The molecule has 0 heterocycles. The molecule has 1 aromatic carbocycles. The molecule has 0 bridgehead atoms. The van der Waals surface area contributed by atoms with Crippen LogP contribution in [0.2, 0.25) is 0 Å². The predicted molar refractivity (Wildman–Crippen MR) is 55.5 cm³/mol. The molecule has 0 spiro atoms. The molecule has 82 valence electrons. The van der Waals surface area contributed by atoms with Crippen LogP contribution in [0.4, 0.5) is 0 Å². The van der Waals surface area contributed by atoms with Gasteiger partial charge in [-0.05, 0) is 30.7 Å². The van der Waals surface area contributed by atoms with Crippen molar-refractivity contribution in [1.82, 2.24) is 0 Å². The molecule has 0 amide bonds. The van der Waals surface area contributed by atoms with Crippen molar-refractivity contribution in [2.24, 2.45) is 0 Å². The lowest BCUT2D eigenvalue weighted by Crippen LogP contribution is -2.06. The van der Waals surface area contributed by atoms with E-state index in [1.807, 2.05) is 6.92 Å². The van der Waals surface area contributed by atoms with Crippen LogP contribution >= 0.6 is 0 Å². The lowest BCUT2D eigenvalue weighted by atomic mass is 10.2. The van der Waals surface area contributed by atoms with Gasteiger partial charge in [0.2, 0.25) is 5.12 Å². The normalized spacial score (nSPS) is 12.1. The third-order valence-electron chi connectivity index (χ3n) is 1.71. The molecule has 5 heteroatoms. The van der Waals surface area contributed by atoms with E-state index >= 15 is 0 Å². The molecule has 1 rings (SSSR count). The molecule has 15 heavy (non-hydrogen) atoms. The van der Waals surface area contributed by atoms with Crippen LogP contribution in [0.5, 0.6) is 5.75 Å². The van der Waals surface area contributed by atoms with Gasteiger partial charge in [-0.3, -0.25) is 9.00 Å². The number of rotatable bonds is 4. The van der Waals surface area contributed by atoms with Crippen LogP contribution < -0.4 is 4.74 Å². The second kappa shape index (κ2) is 5.63. The summed E-state index contributed by atoms with van der Waals surface area (Å²) in [6.45, 7) is 2.58. The topological polar surface area (TPSA) is 66.4 Å². The van der Waals surface area contributed by atoms with Crippen molar-refractivity contribution in [3.63, 3.8) is 0 Å². The zero-order valence-corrected chi connectivity index (χ0v) is 9.08. The van der Waals surface area contributed by atoms with E-state index in [1.54, 1.807) is 12.1 Å². The number of benzene rings is 1. The van der Waals surface area contributed by atoms with E-state index in [-0.39, 0.29) is 5.56 Å². The molecule has 1 aromatic rings. The summed E-state index contributed by atoms with van der Waals surface area (Å²) in [4.78, 5) is 11.0. The Morgan fingerprint density at radius 3 is 2.47 bits per heavy atom. The minimum atomic E-state index is -2.70. The van der Waals surface area contributed by atoms with E-state index in [9.17, 15) is 13.6 Å². The van der Waals surface area contributed by atoms with Gasteiger partial charge in [0.05, 0.1) is 6.61 Å². The van der Waals surface area contributed by atoms with E-state index in [4.69, 9.17) is 4.74 Å². The molecule has 0 N–H and O–H groups in total. The maximum Gasteiger partial charge on any atom is 0.236 e. The highest BCUT2D eigenvalue weighted by molar-refractivity contribution is 7.95. The largest absolute Gasteiger partial charge is 0.766 e. The summed E-state index contributed by atoms with van der Waals surface area (Å²) in [5.74, 6) is 0.630. The van der Waals surface area contributed by atoms with Crippen LogP contribution in [0.15, 0.2) is 24.3 Å². The monoisotopic (exact) mass is 227 g/mol. The molecule has 0 aliphatic rings. The van der Waals surface area contributed by atoms with Crippen LogP contribution in [-0.4, -0.2) is 20.5 Å². The zero-order valence-electron chi connectivity index (χ0n) is 8.26. The average Bonchev–Trinajstić information content (AvgIpc) is 2.26. The smallest absolute Gasteiger partial charge is 0.236 e. The molecule has 0 saturated heterocycles. The van der Waals surface area contributed by atoms with E-state index < -0.39 is 16.2 Å². The third kappa shape index (κ3) is 3.45. The van der Waals surface area contributed by atoms with Gasteiger partial charge >= 0.3 is 0 Å². The Kier molecular flexibility index (Phi) is 4.45. The van der Waals surface area contributed by atoms with Crippen molar-refractivity contribution < 1.29 is 18.3 Å². The highest BCUT2D eigenvalue weighted by Gasteiger charge is 2.05. The van der Waals surface area contributed by atoms with Crippen molar-refractivity contribution in [3.8, 4) is 5.75 Å². The van der Waals surface area contributed by atoms with E-state index in [0.29, 0.717) is 12.4 Å². The quantitative estimate of drug-likeness (QED) is 0.731. The van der Waals surface area contributed by atoms with E-state index in [0.717, 1.165) is 6.42 Å². The second-order valence-electron chi connectivity index (χ2n) is 2.90. The summed E-state index contributed by atoms with van der Waals surface area (Å²) in [6, 6.07) is 6.03. The first kappa shape index (κ1) is 11.9. The van der Waals surface area contributed by atoms with Crippen LogP contribution in [0.3, 0.4) is 0 Å². The molecule has 0 radical (unpaired) electrons. The van der Waals surface area contributed by atoms with Gasteiger partial charge in [-0.15, -0.1) is 0 Å². The van der Waals surface area contributed by atoms with Gasteiger partial charge in [0.25, 0.3) is 0 Å². The number of carbonyl (C=O) groups excluding carboxylic acids is 1. The summed E-state index contributed by atoms with van der Waals surface area (Å²) < 4.78 is 26.0. The molecule has 0 aliphatic carbocycles. The van der Waals surface area contributed by atoms with Crippen molar-refractivity contribution in [2.45, 2.75) is 13.3 Å². The predicted octanol–water partition coefficient (Wildman–Crippen LogP) is 1.49. The van der Waals surface area contributed by atoms with Crippen molar-refractivity contribution in [3.05, 3.63) is 29.8 Å². The van der Waals surface area contributed by atoms with Gasteiger partial charge in [0, 0.05) is 16.6 Å². The maximum atomic E-state index is 11.0. The maximum absolute atomic E-state index is 11.0. The summed E-state index contributed by atoms with van der Waals surface area (Å²) >= 11 is -2.70. The molecule has 0 aliphatic heterocycles. The summed E-state index contributed by atoms with van der Waals surface area (Å²) in [5.41, 5.74) is 0.146. The van der Waals surface area contributed by atoms with Crippen molar-refractivity contribution in [2.75, 3.05) is 6.61 Å². The first-order chi connectivity index (χ1) is 7.15. The second-order valence-corrected chi connectivity index (χ2v) is 3.74. The van der Waals surface area contributed by atoms with Crippen LogP contribution in [0, 0.1) is 0 Å². The molecule has 0 aromatic heterocycles. The summed E-state index contributed by atoms with van der Waals surface area (Å²) in [7, 11) is 0. The van der Waals surface area contributed by atoms with Gasteiger partial charge in [0.1, 0.15) is 5.75 Å². The highest BCUT2D eigenvalue weighted by atomic mass is 32.2. The first-order valence-corrected chi connectivity index (χ1v) is 5.59. The molecule has 1 unspecified atom stereocenters. The fourth-order valence-corrected chi connectivity index (χ4v) is 1.33. The number of carbonyl (C=O) groups is 1. The Morgan fingerprint density at radius 1 is 1.40 bits per heavy atom. The van der Waals surface area contributed by atoms with Gasteiger partial charge in [-0.1, -0.05) is 6.92 Å². The van der Waals surface area contributed by atoms with Crippen LogP contribution in [0.25, 0.3) is 0 Å². The fraction of sp³-hybridized carbons (Fsp3) is 0.300. The van der Waals surface area contributed by atoms with Crippen molar-refractivity contribution >= 4 is 16.2 Å². The molecule has 4 nitrogen and oxygen atoms in total. The lowest BCUT2D eigenvalue weighted by molar-refractivity contribution is 0.107. The number of hydrogen-bond acceptors (Lipinski definition) is 4. The molecule has 0 fully saturated rings. The molecular formula is C10H11O4S-. The van der Waals surface area contributed by atoms with Gasteiger partial charge in [-0.2, -0.15) is 0 Å².